The van der Waals surface area contributed by atoms with Gasteiger partial charge in [-0.05, 0) is 38.5 Å². The van der Waals surface area contributed by atoms with Gasteiger partial charge in [-0.15, -0.1) is 0 Å². The highest BCUT2D eigenvalue weighted by Gasteiger charge is 2.36. The molecule has 1 saturated carbocycles. The van der Waals surface area contributed by atoms with E-state index in [0.717, 1.165) is 31.9 Å². The SMILES string of the molecule is CC1CCC(CN)(NC(=O)C(C)S(C)(=O)=O)CC1. The highest BCUT2D eigenvalue weighted by Crippen LogP contribution is 2.31. The number of sulfone groups is 1. The van der Waals surface area contributed by atoms with E-state index in [4.69, 9.17) is 5.73 Å². The van der Waals surface area contributed by atoms with Crippen molar-refractivity contribution in [3.8, 4) is 0 Å². The average molecular weight is 276 g/mol. The Morgan fingerprint density at radius 3 is 2.33 bits per heavy atom. The van der Waals surface area contributed by atoms with Gasteiger partial charge in [0, 0.05) is 12.8 Å². The maximum atomic E-state index is 12.0. The van der Waals surface area contributed by atoms with Gasteiger partial charge in [0.1, 0.15) is 5.25 Å². The van der Waals surface area contributed by atoms with Crippen LogP contribution in [0.15, 0.2) is 0 Å². The molecule has 1 fully saturated rings. The number of hydrogen-bond donors (Lipinski definition) is 2. The Labute approximate surface area is 109 Å². The Bertz CT molecular complexity index is 398. The van der Waals surface area contributed by atoms with E-state index in [0.29, 0.717) is 12.5 Å². The zero-order valence-corrected chi connectivity index (χ0v) is 12.2. The molecule has 0 aromatic carbocycles. The van der Waals surface area contributed by atoms with E-state index >= 15 is 0 Å². The van der Waals surface area contributed by atoms with E-state index in [1.165, 1.54) is 6.92 Å². The third kappa shape index (κ3) is 3.68. The molecule has 6 heteroatoms. The highest BCUT2D eigenvalue weighted by molar-refractivity contribution is 7.92. The van der Waals surface area contributed by atoms with Crippen molar-refractivity contribution in [3.63, 3.8) is 0 Å². The highest BCUT2D eigenvalue weighted by atomic mass is 32.2. The van der Waals surface area contributed by atoms with Crippen molar-refractivity contribution < 1.29 is 13.2 Å². The van der Waals surface area contributed by atoms with Crippen molar-refractivity contribution in [2.24, 2.45) is 11.7 Å². The number of amides is 1. The molecule has 0 aromatic heterocycles. The van der Waals surface area contributed by atoms with Crippen LogP contribution < -0.4 is 11.1 Å². The van der Waals surface area contributed by atoms with E-state index in [1.54, 1.807) is 0 Å². The zero-order chi connectivity index (χ0) is 14.0. The monoisotopic (exact) mass is 276 g/mol. The quantitative estimate of drug-likeness (QED) is 0.780. The van der Waals surface area contributed by atoms with Gasteiger partial charge in [-0.3, -0.25) is 4.79 Å². The molecule has 0 aromatic rings. The lowest BCUT2D eigenvalue weighted by Crippen LogP contribution is -2.58. The van der Waals surface area contributed by atoms with E-state index in [-0.39, 0.29) is 0 Å². The number of nitrogens with one attached hydrogen (secondary N) is 1. The summed E-state index contributed by atoms with van der Waals surface area (Å²) >= 11 is 0. The minimum Gasteiger partial charge on any atom is -0.348 e. The van der Waals surface area contributed by atoms with Crippen molar-refractivity contribution >= 4 is 15.7 Å². The van der Waals surface area contributed by atoms with Crippen LogP contribution in [0.25, 0.3) is 0 Å². The Balaban J connectivity index is 2.72. The summed E-state index contributed by atoms with van der Waals surface area (Å²) in [6, 6.07) is 0. The largest absolute Gasteiger partial charge is 0.348 e. The van der Waals surface area contributed by atoms with Crippen LogP contribution in [0.2, 0.25) is 0 Å². The molecule has 0 radical (unpaired) electrons. The zero-order valence-electron chi connectivity index (χ0n) is 11.4. The van der Waals surface area contributed by atoms with Gasteiger partial charge in [-0.2, -0.15) is 0 Å². The predicted molar refractivity (Wildman–Crippen MR) is 71.9 cm³/mol. The maximum Gasteiger partial charge on any atom is 0.238 e. The Morgan fingerprint density at radius 1 is 1.44 bits per heavy atom. The van der Waals surface area contributed by atoms with Crippen molar-refractivity contribution in [2.45, 2.75) is 50.3 Å². The van der Waals surface area contributed by atoms with Crippen LogP contribution in [0.1, 0.15) is 39.5 Å². The van der Waals surface area contributed by atoms with Crippen LogP contribution in [0, 0.1) is 5.92 Å². The first-order valence-corrected chi connectivity index (χ1v) is 8.36. The topological polar surface area (TPSA) is 89.3 Å². The number of hydrogen-bond acceptors (Lipinski definition) is 4. The van der Waals surface area contributed by atoms with Gasteiger partial charge < -0.3 is 11.1 Å². The fraction of sp³-hybridized carbons (Fsp3) is 0.917. The van der Waals surface area contributed by atoms with Crippen molar-refractivity contribution in [1.29, 1.82) is 0 Å². The molecule has 1 atom stereocenters. The van der Waals surface area contributed by atoms with Crippen molar-refractivity contribution in [1.82, 2.24) is 5.32 Å². The van der Waals surface area contributed by atoms with E-state index in [9.17, 15) is 13.2 Å². The lowest BCUT2D eigenvalue weighted by molar-refractivity contribution is -0.122. The summed E-state index contributed by atoms with van der Waals surface area (Å²) in [6.07, 6.45) is 4.77. The summed E-state index contributed by atoms with van der Waals surface area (Å²) in [5.74, 6) is 0.214. The summed E-state index contributed by atoms with van der Waals surface area (Å²) in [5.41, 5.74) is 5.36. The summed E-state index contributed by atoms with van der Waals surface area (Å²) < 4.78 is 22.7. The molecule has 0 saturated heterocycles. The second-order valence-corrected chi connectivity index (χ2v) is 7.99. The minimum atomic E-state index is -3.35. The molecule has 0 heterocycles. The third-order valence-corrected chi connectivity index (χ3v) is 5.52. The van der Waals surface area contributed by atoms with Gasteiger partial charge >= 0.3 is 0 Å². The first-order valence-electron chi connectivity index (χ1n) is 6.41. The molecular formula is C12H24N2O3S. The van der Waals surface area contributed by atoms with Crippen molar-refractivity contribution in [3.05, 3.63) is 0 Å². The molecule has 0 bridgehead atoms. The first-order chi connectivity index (χ1) is 8.20. The Hall–Kier alpha value is -0.620. The predicted octanol–water partition coefficient (Wildman–Crippen LogP) is 0.443. The molecule has 1 unspecified atom stereocenters. The number of carbonyl (C=O) groups is 1. The standard InChI is InChI=1S/C12H24N2O3S/c1-9-4-6-12(8-13,7-5-9)14-11(15)10(2)18(3,16)17/h9-10H,4-8,13H2,1-3H3,(H,14,15). The van der Waals surface area contributed by atoms with E-state index in [2.05, 4.69) is 12.2 Å². The smallest absolute Gasteiger partial charge is 0.238 e. The fourth-order valence-corrected chi connectivity index (χ4v) is 2.70. The van der Waals surface area contributed by atoms with E-state index < -0.39 is 26.5 Å². The molecular weight excluding hydrogens is 252 g/mol. The molecule has 0 spiro atoms. The van der Waals surface area contributed by atoms with Crippen LogP contribution in [0.4, 0.5) is 0 Å². The molecule has 1 rings (SSSR count). The van der Waals surface area contributed by atoms with Crippen LogP contribution in [-0.2, 0) is 14.6 Å². The second-order valence-electron chi connectivity index (χ2n) is 5.63. The number of carbonyl (C=O) groups excluding carboxylic acids is 1. The third-order valence-electron chi connectivity index (χ3n) is 4.02. The Morgan fingerprint density at radius 2 is 1.94 bits per heavy atom. The van der Waals surface area contributed by atoms with Gasteiger partial charge in [0.2, 0.25) is 5.91 Å². The summed E-state index contributed by atoms with van der Waals surface area (Å²) in [6.45, 7) is 3.96. The first kappa shape index (κ1) is 15.4. The summed E-state index contributed by atoms with van der Waals surface area (Å²) in [4.78, 5) is 12.0. The molecule has 106 valence electrons. The lowest BCUT2D eigenvalue weighted by atomic mass is 9.77. The molecule has 18 heavy (non-hydrogen) atoms. The lowest BCUT2D eigenvalue weighted by Gasteiger charge is -2.39. The van der Waals surface area contributed by atoms with Crippen LogP contribution >= 0.6 is 0 Å². The van der Waals surface area contributed by atoms with Gasteiger partial charge in [0.15, 0.2) is 9.84 Å². The Kier molecular flexibility index (Phi) is 4.78. The normalized spacial score (nSPS) is 30.8. The molecule has 1 aliphatic carbocycles. The number of rotatable bonds is 4. The number of nitrogens with two attached hydrogens (primary N) is 1. The molecule has 5 nitrogen and oxygen atoms in total. The molecule has 1 aliphatic rings. The van der Waals surface area contributed by atoms with Gasteiger partial charge in [-0.25, -0.2) is 8.42 Å². The van der Waals surface area contributed by atoms with Gasteiger partial charge in [-0.1, -0.05) is 6.92 Å². The minimum absolute atomic E-state index is 0.363. The maximum absolute atomic E-state index is 12.0. The van der Waals surface area contributed by atoms with Crippen LogP contribution in [0.3, 0.4) is 0 Å². The average Bonchev–Trinajstić information content (AvgIpc) is 2.30. The van der Waals surface area contributed by atoms with Crippen molar-refractivity contribution in [2.75, 3.05) is 12.8 Å². The van der Waals surface area contributed by atoms with Crippen LogP contribution in [-0.4, -0.2) is 37.9 Å². The summed E-state index contributed by atoms with van der Waals surface area (Å²) in [5, 5.41) is 1.85. The molecule has 0 aliphatic heterocycles. The van der Waals surface area contributed by atoms with Gasteiger partial charge in [0.25, 0.3) is 0 Å². The molecule has 3 N–H and O–H groups in total. The summed E-state index contributed by atoms with van der Waals surface area (Å²) in [7, 11) is -3.35. The molecule has 1 amide bonds. The van der Waals surface area contributed by atoms with Gasteiger partial charge in [0.05, 0.1) is 5.54 Å². The van der Waals surface area contributed by atoms with Crippen LogP contribution in [0.5, 0.6) is 0 Å². The van der Waals surface area contributed by atoms with E-state index in [1.807, 2.05) is 0 Å². The fourth-order valence-electron chi connectivity index (χ4n) is 2.25. The second kappa shape index (κ2) is 5.57.